The van der Waals surface area contributed by atoms with Gasteiger partial charge in [-0.2, -0.15) is 4.98 Å². The first-order valence-corrected chi connectivity index (χ1v) is 7.73. The fourth-order valence-electron chi connectivity index (χ4n) is 2.14. The van der Waals surface area contributed by atoms with Gasteiger partial charge in [-0.25, -0.2) is 0 Å². The van der Waals surface area contributed by atoms with Gasteiger partial charge in [0.05, 0.1) is 13.2 Å². The number of carbonyl (C=O) groups is 1. The molecule has 0 aromatic carbocycles. The van der Waals surface area contributed by atoms with Crippen LogP contribution in [0.25, 0.3) is 0 Å². The van der Waals surface area contributed by atoms with Crippen LogP contribution in [0.5, 0.6) is 0 Å². The Balaban J connectivity index is 2.59. The Labute approximate surface area is 126 Å². The summed E-state index contributed by atoms with van der Waals surface area (Å²) in [7, 11) is 0. The molecule has 0 spiro atoms. The Morgan fingerprint density at radius 1 is 1.33 bits per heavy atom. The lowest BCUT2D eigenvalue weighted by Gasteiger charge is -2.28. The number of aryl methyl sites for hydroxylation is 1. The van der Waals surface area contributed by atoms with E-state index >= 15 is 0 Å². The molecule has 0 saturated heterocycles. The molecule has 0 aliphatic carbocycles. The minimum atomic E-state index is -0.716. The minimum absolute atomic E-state index is 0.224. The molecule has 0 radical (unpaired) electrons. The molecule has 1 N–H and O–H groups in total. The molecule has 0 fully saturated rings. The lowest BCUT2D eigenvalue weighted by atomic mass is 9.94. The topological polar surface area (TPSA) is 77.3 Å². The monoisotopic (exact) mass is 297 g/mol. The second-order valence-corrected chi connectivity index (χ2v) is 5.45. The average Bonchev–Trinajstić information content (AvgIpc) is 2.87. The standard InChI is InChI=1S/C15H27N3O3/c1-5-7-8-9-10-15(4,14(19)20-6-2)16-11-13-17-12(3)18-21-13/h16H,5-11H2,1-4H3/t15-/m0/s1. The van der Waals surface area contributed by atoms with Crippen LogP contribution in [-0.2, 0) is 16.1 Å². The first-order chi connectivity index (χ1) is 10.0. The van der Waals surface area contributed by atoms with Crippen molar-refractivity contribution >= 4 is 5.97 Å². The third kappa shape index (κ3) is 5.83. The normalized spacial score (nSPS) is 13.9. The molecule has 6 nitrogen and oxygen atoms in total. The van der Waals surface area contributed by atoms with Crippen LogP contribution >= 0.6 is 0 Å². The van der Waals surface area contributed by atoms with E-state index in [0.29, 0.717) is 24.9 Å². The van der Waals surface area contributed by atoms with Crippen molar-refractivity contribution in [1.29, 1.82) is 0 Å². The molecule has 0 aliphatic rings. The van der Waals surface area contributed by atoms with E-state index in [-0.39, 0.29) is 5.97 Å². The molecule has 0 bridgehead atoms. The number of aromatic nitrogens is 2. The molecule has 1 rings (SSSR count). The number of hydrogen-bond donors (Lipinski definition) is 1. The lowest BCUT2D eigenvalue weighted by molar-refractivity contribution is -0.151. The van der Waals surface area contributed by atoms with Crippen LogP contribution in [0.15, 0.2) is 4.52 Å². The van der Waals surface area contributed by atoms with Gasteiger partial charge in [0.15, 0.2) is 5.82 Å². The number of unbranched alkanes of at least 4 members (excludes halogenated alkanes) is 3. The van der Waals surface area contributed by atoms with E-state index in [2.05, 4.69) is 22.4 Å². The van der Waals surface area contributed by atoms with Crippen molar-refractivity contribution in [2.24, 2.45) is 0 Å². The molecule has 1 aromatic rings. The molecule has 1 heterocycles. The summed E-state index contributed by atoms with van der Waals surface area (Å²) in [6.07, 6.45) is 5.19. The van der Waals surface area contributed by atoms with Crippen LogP contribution in [0.1, 0.15) is 64.6 Å². The van der Waals surface area contributed by atoms with Crippen LogP contribution in [0.3, 0.4) is 0 Å². The van der Waals surface area contributed by atoms with E-state index in [1.807, 2.05) is 13.8 Å². The first kappa shape index (κ1) is 17.6. The summed E-state index contributed by atoms with van der Waals surface area (Å²) in [6, 6.07) is 0. The van der Waals surface area contributed by atoms with Crippen LogP contribution in [0, 0.1) is 6.92 Å². The Bertz CT molecular complexity index is 434. The molecule has 120 valence electrons. The van der Waals surface area contributed by atoms with Crippen LogP contribution in [0.4, 0.5) is 0 Å². The van der Waals surface area contributed by atoms with Crippen LogP contribution in [0.2, 0.25) is 0 Å². The highest BCUT2D eigenvalue weighted by molar-refractivity contribution is 5.80. The van der Waals surface area contributed by atoms with Gasteiger partial charge in [0.2, 0.25) is 5.89 Å². The fourth-order valence-corrected chi connectivity index (χ4v) is 2.14. The summed E-state index contributed by atoms with van der Waals surface area (Å²) in [4.78, 5) is 16.3. The van der Waals surface area contributed by atoms with Gasteiger partial charge in [0.1, 0.15) is 5.54 Å². The maximum Gasteiger partial charge on any atom is 0.326 e. The molecule has 1 aromatic heterocycles. The van der Waals surface area contributed by atoms with E-state index in [4.69, 9.17) is 9.26 Å². The van der Waals surface area contributed by atoms with Gasteiger partial charge in [0, 0.05) is 0 Å². The van der Waals surface area contributed by atoms with Crippen molar-refractivity contribution in [3.8, 4) is 0 Å². The highest BCUT2D eigenvalue weighted by Gasteiger charge is 2.34. The largest absolute Gasteiger partial charge is 0.465 e. The maximum absolute atomic E-state index is 12.2. The minimum Gasteiger partial charge on any atom is -0.465 e. The van der Waals surface area contributed by atoms with E-state index in [1.165, 1.54) is 12.8 Å². The summed E-state index contributed by atoms with van der Waals surface area (Å²) in [5, 5.41) is 6.96. The predicted molar refractivity (Wildman–Crippen MR) is 79.7 cm³/mol. The second kappa shape index (κ2) is 8.77. The molecular weight excluding hydrogens is 270 g/mol. The summed E-state index contributed by atoms with van der Waals surface area (Å²) in [6.45, 7) is 8.37. The number of ether oxygens (including phenoxy) is 1. The van der Waals surface area contributed by atoms with E-state index < -0.39 is 5.54 Å². The van der Waals surface area contributed by atoms with Gasteiger partial charge in [-0.05, 0) is 27.2 Å². The zero-order valence-corrected chi connectivity index (χ0v) is 13.6. The Hall–Kier alpha value is -1.43. The zero-order chi connectivity index (χ0) is 15.7. The highest BCUT2D eigenvalue weighted by atomic mass is 16.5. The molecular formula is C15H27N3O3. The molecule has 1 atom stereocenters. The quantitative estimate of drug-likeness (QED) is 0.528. The zero-order valence-electron chi connectivity index (χ0n) is 13.6. The fraction of sp³-hybridized carbons (Fsp3) is 0.800. The number of esters is 1. The van der Waals surface area contributed by atoms with Crippen molar-refractivity contribution in [2.45, 2.75) is 71.9 Å². The number of nitrogens with one attached hydrogen (secondary N) is 1. The molecule has 0 unspecified atom stereocenters. The van der Waals surface area contributed by atoms with Crippen molar-refractivity contribution < 1.29 is 14.1 Å². The SMILES string of the molecule is CCCCCC[C@](C)(NCc1nc(C)no1)C(=O)OCC. The van der Waals surface area contributed by atoms with Gasteiger partial charge in [-0.3, -0.25) is 10.1 Å². The van der Waals surface area contributed by atoms with Crippen molar-refractivity contribution in [3.05, 3.63) is 11.7 Å². The van der Waals surface area contributed by atoms with Gasteiger partial charge >= 0.3 is 5.97 Å². The predicted octanol–water partition coefficient (Wildman–Crippen LogP) is 2.76. The Kier molecular flexibility index (Phi) is 7.36. The third-order valence-corrected chi connectivity index (χ3v) is 3.46. The smallest absolute Gasteiger partial charge is 0.326 e. The van der Waals surface area contributed by atoms with Gasteiger partial charge < -0.3 is 9.26 Å². The number of rotatable bonds is 10. The molecule has 0 aliphatic heterocycles. The third-order valence-electron chi connectivity index (χ3n) is 3.46. The average molecular weight is 297 g/mol. The summed E-state index contributed by atoms with van der Waals surface area (Å²) in [5.41, 5.74) is -0.716. The van der Waals surface area contributed by atoms with Gasteiger partial charge in [-0.15, -0.1) is 0 Å². The summed E-state index contributed by atoms with van der Waals surface area (Å²) < 4.78 is 10.3. The molecule has 21 heavy (non-hydrogen) atoms. The van der Waals surface area contributed by atoms with E-state index in [1.54, 1.807) is 6.92 Å². The number of carbonyl (C=O) groups excluding carboxylic acids is 1. The molecule has 0 saturated carbocycles. The van der Waals surface area contributed by atoms with Crippen molar-refractivity contribution in [2.75, 3.05) is 6.61 Å². The molecule has 6 heteroatoms. The maximum atomic E-state index is 12.2. The Morgan fingerprint density at radius 2 is 2.10 bits per heavy atom. The highest BCUT2D eigenvalue weighted by Crippen LogP contribution is 2.18. The van der Waals surface area contributed by atoms with E-state index in [0.717, 1.165) is 19.3 Å². The van der Waals surface area contributed by atoms with Gasteiger partial charge in [-0.1, -0.05) is 37.8 Å². The summed E-state index contributed by atoms with van der Waals surface area (Å²) in [5.74, 6) is 0.849. The lowest BCUT2D eigenvalue weighted by Crippen LogP contribution is -2.50. The molecule has 0 amide bonds. The van der Waals surface area contributed by atoms with Crippen molar-refractivity contribution in [3.63, 3.8) is 0 Å². The Morgan fingerprint density at radius 3 is 2.67 bits per heavy atom. The summed E-state index contributed by atoms with van der Waals surface area (Å²) >= 11 is 0. The number of nitrogens with zero attached hydrogens (tertiary/aromatic N) is 2. The second-order valence-electron chi connectivity index (χ2n) is 5.45. The van der Waals surface area contributed by atoms with Crippen LogP contribution < -0.4 is 5.32 Å². The van der Waals surface area contributed by atoms with Gasteiger partial charge in [0.25, 0.3) is 0 Å². The van der Waals surface area contributed by atoms with Crippen LogP contribution in [-0.4, -0.2) is 28.3 Å². The number of hydrogen-bond acceptors (Lipinski definition) is 6. The first-order valence-electron chi connectivity index (χ1n) is 7.73. The van der Waals surface area contributed by atoms with E-state index in [9.17, 15) is 4.79 Å². The van der Waals surface area contributed by atoms with Crippen molar-refractivity contribution in [1.82, 2.24) is 15.5 Å².